The van der Waals surface area contributed by atoms with Gasteiger partial charge in [-0.05, 0) is 11.6 Å². The fourth-order valence-electron chi connectivity index (χ4n) is 3.08. The van der Waals surface area contributed by atoms with Crippen LogP contribution in [0.25, 0.3) is 5.65 Å². The van der Waals surface area contributed by atoms with Crippen molar-refractivity contribution in [3.8, 4) is 0 Å². The first-order chi connectivity index (χ1) is 11.4. The fourth-order valence-corrected chi connectivity index (χ4v) is 3.08. The average molecular weight is 348 g/mol. The lowest BCUT2D eigenvalue weighted by atomic mass is 9.95. The Labute approximate surface area is 144 Å². The Morgan fingerprint density at radius 3 is 3.00 bits per heavy atom. The minimum Gasteiger partial charge on any atom is -0.373 e. The highest BCUT2D eigenvalue weighted by molar-refractivity contribution is 5.85. The van der Waals surface area contributed by atoms with Gasteiger partial charge in [-0.25, -0.2) is 9.50 Å². The molecule has 0 amide bonds. The molecule has 2 N–H and O–H groups in total. The highest BCUT2D eigenvalue weighted by Crippen LogP contribution is 2.27. The number of pyridine rings is 1. The van der Waals surface area contributed by atoms with Crippen LogP contribution in [0.4, 0.5) is 11.5 Å². The van der Waals surface area contributed by atoms with Crippen molar-refractivity contribution < 1.29 is 4.74 Å². The third kappa shape index (κ3) is 2.52. The largest absolute Gasteiger partial charge is 0.373 e. The number of nitrogens with one attached hydrogen (secondary N) is 2. The van der Waals surface area contributed by atoms with Crippen molar-refractivity contribution in [2.75, 3.05) is 25.0 Å². The van der Waals surface area contributed by atoms with E-state index in [0.29, 0.717) is 19.1 Å². The van der Waals surface area contributed by atoms with Crippen LogP contribution in [0, 0.1) is 0 Å². The Kier molecular flexibility index (Phi) is 3.87. The summed E-state index contributed by atoms with van der Waals surface area (Å²) in [7, 11) is 0. The number of nitrogens with zero attached hydrogens (tertiary/aromatic N) is 5. The Morgan fingerprint density at radius 2 is 2.21 bits per heavy atom. The molecular formula is C15H18ClN7O. The van der Waals surface area contributed by atoms with E-state index in [-0.39, 0.29) is 12.4 Å². The number of ether oxygens (including phenoxy) is 1. The topological polar surface area (TPSA) is 81.3 Å². The van der Waals surface area contributed by atoms with Gasteiger partial charge < -0.3 is 15.4 Å². The molecule has 0 spiro atoms. The van der Waals surface area contributed by atoms with Crippen LogP contribution in [-0.2, 0) is 17.9 Å². The summed E-state index contributed by atoms with van der Waals surface area (Å²) >= 11 is 0. The van der Waals surface area contributed by atoms with E-state index < -0.39 is 0 Å². The highest BCUT2D eigenvalue weighted by Gasteiger charge is 2.21. The zero-order valence-electron chi connectivity index (χ0n) is 13.0. The Morgan fingerprint density at radius 1 is 1.29 bits per heavy atom. The van der Waals surface area contributed by atoms with Crippen LogP contribution < -0.4 is 10.6 Å². The summed E-state index contributed by atoms with van der Waals surface area (Å²) < 4.78 is 9.29. The molecule has 0 atom stereocenters. The van der Waals surface area contributed by atoms with Gasteiger partial charge >= 0.3 is 0 Å². The van der Waals surface area contributed by atoms with Gasteiger partial charge in [0.25, 0.3) is 0 Å². The van der Waals surface area contributed by atoms with E-state index in [1.807, 2.05) is 15.3 Å². The Hall–Kier alpha value is -2.16. The van der Waals surface area contributed by atoms with Crippen LogP contribution in [-0.4, -0.2) is 44.1 Å². The molecule has 8 nitrogen and oxygen atoms in total. The van der Waals surface area contributed by atoms with Crippen LogP contribution in [0.1, 0.15) is 17.2 Å². The first-order valence-electron chi connectivity index (χ1n) is 7.82. The van der Waals surface area contributed by atoms with Gasteiger partial charge in [-0.3, -0.25) is 4.68 Å². The summed E-state index contributed by atoms with van der Waals surface area (Å²) in [5.41, 5.74) is 4.10. The maximum absolute atomic E-state index is 5.47. The van der Waals surface area contributed by atoms with E-state index >= 15 is 0 Å². The minimum absolute atomic E-state index is 0. The van der Waals surface area contributed by atoms with Gasteiger partial charge in [0.1, 0.15) is 6.33 Å². The maximum atomic E-state index is 5.47. The van der Waals surface area contributed by atoms with Gasteiger partial charge in [-0.1, -0.05) is 0 Å². The monoisotopic (exact) mass is 347 g/mol. The molecule has 3 aromatic heterocycles. The SMILES string of the molecule is Cl.c1nc2c(Nc3cc4n(n3)CCOC4)cc(C3CNC3)cn2n1. The van der Waals surface area contributed by atoms with E-state index in [2.05, 4.69) is 38.1 Å². The van der Waals surface area contributed by atoms with E-state index in [4.69, 9.17) is 4.74 Å². The summed E-state index contributed by atoms with van der Waals surface area (Å²) in [4.78, 5) is 4.36. The molecular weight excluding hydrogens is 330 g/mol. The summed E-state index contributed by atoms with van der Waals surface area (Å²) in [5.74, 6) is 1.35. The molecule has 2 aliphatic heterocycles. The van der Waals surface area contributed by atoms with Crippen LogP contribution in [0.2, 0.25) is 0 Å². The number of rotatable bonds is 3. The third-order valence-electron chi connectivity index (χ3n) is 4.47. The van der Waals surface area contributed by atoms with Crippen molar-refractivity contribution in [3.63, 3.8) is 0 Å². The maximum Gasteiger partial charge on any atom is 0.178 e. The molecule has 0 radical (unpaired) electrons. The fraction of sp³-hybridized carbons (Fsp3) is 0.400. The molecule has 0 unspecified atom stereocenters. The first-order valence-corrected chi connectivity index (χ1v) is 7.82. The normalized spacial score (nSPS) is 17.2. The highest BCUT2D eigenvalue weighted by atomic mass is 35.5. The van der Waals surface area contributed by atoms with E-state index in [9.17, 15) is 0 Å². The second-order valence-electron chi connectivity index (χ2n) is 5.99. The zero-order chi connectivity index (χ0) is 15.2. The second-order valence-corrected chi connectivity index (χ2v) is 5.99. The van der Waals surface area contributed by atoms with E-state index in [1.165, 1.54) is 5.56 Å². The van der Waals surface area contributed by atoms with Gasteiger partial charge in [-0.2, -0.15) is 10.2 Å². The van der Waals surface area contributed by atoms with Crippen molar-refractivity contribution in [2.24, 2.45) is 0 Å². The molecule has 1 saturated heterocycles. The Bertz CT molecular complexity index is 846. The van der Waals surface area contributed by atoms with Crippen molar-refractivity contribution >= 4 is 29.6 Å². The van der Waals surface area contributed by atoms with E-state index in [0.717, 1.165) is 42.5 Å². The van der Waals surface area contributed by atoms with Crippen molar-refractivity contribution in [3.05, 3.63) is 35.9 Å². The van der Waals surface area contributed by atoms with Crippen molar-refractivity contribution in [1.29, 1.82) is 0 Å². The summed E-state index contributed by atoms with van der Waals surface area (Å²) in [6.07, 6.45) is 3.64. The molecule has 1 fully saturated rings. The lowest BCUT2D eigenvalue weighted by Gasteiger charge is -2.27. The molecule has 0 aliphatic carbocycles. The third-order valence-corrected chi connectivity index (χ3v) is 4.47. The van der Waals surface area contributed by atoms with E-state index in [1.54, 1.807) is 6.33 Å². The molecule has 24 heavy (non-hydrogen) atoms. The standard InChI is InChI=1S/C15H17N7O.ClH/c1-2-23-8-12-4-14(20-21(1)12)19-13-3-10(11-5-16-6-11)7-22-15(13)17-9-18-22;/h3-4,7,9,11,16H,1-2,5-6,8H2,(H,19,20);1H. The number of aromatic nitrogens is 5. The lowest BCUT2D eigenvalue weighted by Crippen LogP contribution is -2.40. The van der Waals surface area contributed by atoms with Crippen molar-refractivity contribution in [2.45, 2.75) is 19.1 Å². The van der Waals surface area contributed by atoms with Gasteiger partial charge in [0.2, 0.25) is 0 Å². The van der Waals surface area contributed by atoms with Gasteiger partial charge in [-0.15, -0.1) is 12.4 Å². The summed E-state index contributed by atoms with van der Waals surface area (Å²) in [5, 5.41) is 15.6. The molecule has 5 heterocycles. The number of hydrogen-bond acceptors (Lipinski definition) is 6. The molecule has 0 aromatic carbocycles. The number of anilines is 2. The van der Waals surface area contributed by atoms with Gasteiger partial charge in [0.15, 0.2) is 11.5 Å². The lowest BCUT2D eigenvalue weighted by molar-refractivity contribution is 0.0801. The Balaban J connectivity index is 0.00000146. The van der Waals surface area contributed by atoms with Gasteiger partial charge in [0.05, 0.1) is 31.1 Å². The van der Waals surface area contributed by atoms with Crippen LogP contribution >= 0.6 is 12.4 Å². The quantitative estimate of drug-likeness (QED) is 0.743. The van der Waals surface area contributed by atoms with Crippen LogP contribution in [0.3, 0.4) is 0 Å². The molecule has 3 aromatic rings. The van der Waals surface area contributed by atoms with Crippen LogP contribution in [0.5, 0.6) is 0 Å². The molecule has 2 aliphatic rings. The van der Waals surface area contributed by atoms with Crippen LogP contribution in [0.15, 0.2) is 24.7 Å². The van der Waals surface area contributed by atoms with Gasteiger partial charge in [0, 0.05) is 31.3 Å². The predicted octanol–water partition coefficient (Wildman–Crippen LogP) is 1.31. The first kappa shape index (κ1) is 15.4. The number of halogens is 1. The summed E-state index contributed by atoms with van der Waals surface area (Å²) in [6.45, 7) is 4.15. The zero-order valence-corrected chi connectivity index (χ0v) is 13.8. The predicted molar refractivity (Wildman–Crippen MR) is 91.0 cm³/mol. The minimum atomic E-state index is 0. The second kappa shape index (κ2) is 6.04. The van der Waals surface area contributed by atoms with Crippen molar-refractivity contribution in [1.82, 2.24) is 29.7 Å². The molecule has 0 bridgehead atoms. The molecule has 0 saturated carbocycles. The summed E-state index contributed by atoms with van der Waals surface area (Å²) in [6, 6.07) is 4.19. The molecule has 9 heteroatoms. The average Bonchev–Trinajstić information content (AvgIpc) is 3.10. The molecule has 126 valence electrons. The smallest absolute Gasteiger partial charge is 0.178 e. The molecule has 5 rings (SSSR count). The number of fused-ring (bicyclic) bond motifs is 2. The number of hydrogen-bond donors (Lipinski definition) is 2.